The Morgan fingerprint density at radius 1 is 0.373 bits per heavy atom. The van der Waals surface area contributed by atoms with E-state index < -0.39 is 5.41 Å². The van der Waals surface area contributed by atoms with Crippen LogP contribution in [-0.4, -0.2) is 0 Å². The van der Waals surface area contributed by atoms with E-state index >= 15 is 0 Å². The van der Waals surface area contributed by atoms with Crippen LogP contribution in [0.2, 0.25) is 0 Å². The molecule has 0 saturated heterocycles. The molecular formula is C55H33NS3. The Balaban J connectivity index is 1.13. The Morgan fingerprint density at radius 2 is 1.00 bits per heavy atom. The third kappa shape index (κ3) is 4.74. The fraction of sp³-hybridized carbons (Fsp3) is 0.0182. The zero-order chi connectivity index (χ0) is 38.7. The van der Waals surface area contributed by atoms with Gasteiger partial charge in [-0.15, -0.1) is 22.7 Å². The van der Waals surface area contributed by atoms with Gasteiger partial charge in [0.2, 0.25) is 0 Å². The molecule has 276 valence electrons. The lowest BCUT2D eigenvalue weighted by molar-refractivity contribution is 0.722. The lowest BCUT2D eigenvalue weighted by Crippen LogP contribution is -2.32. The summed E-state index contributed by atoms with van der Waals surface area (Å²) in [5.74, 6) is 0. The maximum absolute atomic E-state index is 2.58. The fourth-order valence-electron chi connectivity index (χ4n) is 10.1. The van der Waals surface area contributed by atoms with Crippen LogP contribution in [0, 0.1) is 0 Å². The maximum atomic E-state index is 2.58. The molecule has 0 radical (unpaired) electrons. The summed E-state index contributed by atoms with van der Waals surface area (Å²) in [6.45, 7) is 0. The highest BCUT2D eigenvalue weighted by molar-refractivity contribution is 7.99. The van der Waals surface area contributed by atoms with E-state index in [1.807, 2.05) is 34.4 Å². The first-order valence-electron chi connectivity index (χ1n) is 20.1. The van der Waals surface area contributed by atoms with Crippen molar-refractivity contribution in [1.82, 2.24) is 0 Å². The van der Waals surface area contributed by atoms with Gasteiger partial charge in [-0.2, -0.15) is 0 Å². The third-order valence-electron chi connectivity index (χ3n) is 12.5. The number of thiophene rings is 2. The van der Waals surface area contributed by atoms with Gasteiger partial charge >= 0.3 is 0 Å². The van der Waals surface area contributed by atoms with Crippen LogP contribution in [0.3, 0.4) is 0 Å². The minimum atomic E-state index is -0.465. The quantitative estimate of drug-likeness (QED) is 0.174. The average molecular weight is 804 g/mol. The number of nitrogens with zero attached hydrogens (tertiary/aromatic N) is 1. The topological polar surface area (TPSA) is 3.24 Å². The Morgan fingerprint density at radius 3 is 1.85 bits per heavy atom. The molecule has 1 nitrogen and oxygen atoms in total. The van der Waals surface area contributed by atoms with E-state index in [0.717, 1.165) is 5.69 Å². The molecule has 11 aromatic rings. The average Bonchev–Trinajstić information content (AvgIpc) is 3.96. The zero-order valence-corrected chi connectivity index (χ0v) is 34.2. The first-order valence-corrected chi connectivity index (χ1v) is 22.5. The van der Waals surface area contributed by atoms with Gasteiger partial charge in [0, 0.05) is 55.8 Å². The van der Waals surface area contributed by atoms with Crippen molar-refractivity contribution in [3.05, 3.63) is 222 Å². The molecule has 0 atom stereocenters. The second-order valence-electron chi connectivity index (χ2n) is 15.5. The molecule has 1 aliphatic carbocycles. The van der Waals surface area contributed by atoms with E-state index in [2.05, 4.69) is 205 Å². The summed E-state index contributed by atoms with van der Waals surface area (Å²) >= 11 is 5.68. The Labute approximate surface area is 354 Å². The minimum absolute atomic E-state index is 0.465. The molecule has 2 aromatic heterocycles. The fourth-order valence-corrected chi connectivity index (χ4v) is 13.6. The van der Waals surface area contributed by atoms with Crippen molar-refractivity contribution in [2.45, 2.75) is 15.2 Å². The summed E-state index contributed by atoms with van der Waals surface area (Å²) in [6.07, 6.45) is 0. The molecule has 4 heteroatoms. The van der Waals surface area contributed by atoms with Crippen molar-refractivity contribution < 1.29 is 0 Å². The molecular weight excluding hydrogens is 771 g/mol. The molecule has 59 heavy (non-hydrogen) atoms. The molecule has 9 aromatic carbocycles. The zero-order valence-electron chi connectivity index (χ0n) is 31.7. The maximum Gasteiger partial charge on any atom is 0.0736 e. The molecule has 3 heterocycles. The number of anilines is 3. The summed E-state index contributed by atoms with van der Waals surface area (Å²) < 4.78 is 5.19. The monoisotopic (exact) mass is 803 g/mol. The van der Waals surface area contributed by atoms with Gasteiger partial charge in [0.05, 0.1) is 16.8 Å². The van der Waals surface area contributed by atoms with Crippen molar-refractivity contribution >= 4 is 91.8 Å². The van der Waals surface area contributed by atoms with Gasteiger partial charge in [0.1, 0.15) is 0 Å². The van der Waals surface area contributed by atoms with Crippen LogP contribution in [0.5, 0.6) is 0 Å². The highest BCUT2D eigenvalue weighted by Crippen LogP contribution is 2.64. The molecule has 2 aliphatic rings. The molecule has 1 aliphatic heterocycles. The normalized spacial score (nSPS) is 13.5. The van der Waals surface area contributed by atoms with E-state index in [0.29, 0.717) is 0 Å². The predicted molar refractivity (Wildman–Crippen MR) is 254 cm³/mol. The summed E-state index contributed by atoms with van der Waals surface area (Å²) in [4.78, 5) is 5.16. The SMILES string of the molecule is c1ccc(-c2ccc3sc4cccc(N(c5ccc6c(c5)sc5ccccc56)c5cccc6c5Sc5ccccc5C65c6ccccc6-c6ccccc65)c4c3c2)cc1. The lowest BCUT2D eigenvalue weighted by atomic mass is 9.67. The van der Waals surface area contributed by atoms with Crippen molar-refractivity contribution in [3.8, 4) is 22.3 Å². The van der Waals surface area contributed by atoms with Crippen LogP contribution in [0.15, 0.2) is 210 Å². The minimum Gasteiger partial charge on any atom is -0.309 e. The van der Waals surface area contributed by atoms with Crippen LogP contribution in [0.25, 0.3) is 62.6 Å². The Kier molecular flexibility index (Phi) is 7.27. The number of hydrogen-bond donors (Lipinski definition) is 0. The van der Waals surface area contributed by atoms with E-state index in [1.54, 1.807) is 0 Å². The van der Waals surface area contributed by atoms with Crippen LogP contribution in [0.1, 0.15) is 22.3 Å². The molecule has 0 fully saturated rings. The second kappa shape index (κ2) is 12.8. The molecule has 0 bridgehead atoms. The Hall–Kier alpha value is -6.43. The number of hydrogen-bond acceptors (Lipinski definition) is 4. The Bertz CT molecular complexity index is 3460. The molecule has 1 spiro atoms. The summed E-state index contributed by atoms with van der Waals surface area (Å²) in [5, 5.41) is 5.19. The van der Waals surface area contributed by atoms with E-state index in [1.165, 1.54) is 106 Å². The molecule has 0 unspecified atom stereocenters. The van der Waals surface area contributed by atoms with Gasteiger partial charge in [-0.1, -0.05) is 157 Å². The highest BCUT2D eigenvalue weighted by Gasteiger charge is 2.50. The van der Waals surface area contributed by atoms with Crippen molar-refractivity contribution in [3.63, 3.8) is 0 Å². The van der Waals surface area contributed by atoms with Gasteiger partial charge in [0.15, 0.2) is 0 Å². The molecule has 0 amide bonds. The van der Waals surface area contributed by atoms with E-state index in [-0.39, 0.29) is 0 Å². The van der Waals surface area contributed by atoms with Crippen LogP contribution >= 0.6 is 34.4 Å². The molecule has 13 rings (SSSR count). The van der Waals surface area contributed by atoms with Gasteiger partial charge in [0.25, 0.3) is 0 Å². The van der Waals surface area contributed by atoms with E-state index in [9.17, 15) is 0 Å². The first-order chi connectivity index (χ1) is 29.3. The largest absolute Gasteiger partial charge is 0.309 e. The summed E-state index contributed by atoms with van der Waals surface area (Å²) in [5.41, 5.74) is 13.6. The van der Waals surface area contributed by atoms with Crippen LogP contribution in [0.4, 0.5) is 17.1 Å². The number of benzene rings is 9. The van der Waals surface area contributed by atoms with Crippen molar-refractivity contribution in [2.75, 3.05) is 4.90 Å². The standard InChI is InChI=1S/C55H33NS3/c1-2-14-34(15-3-1)35-28-31-49-41(32-35)53-46(23-13-27-51(53)57-49)56(36-29-30-40-39-18-6-10-25-48(39)58-52(40)33-36)47-24-12-22-45-54(47)59-50-26-11-9-21-44(50)55(45)42-19-7-4-16-37(42)38-17-5-8-20-43(38)55/h1-33H. The number of fused-ring (bicyclic) bond motifs is 15. The lowest BCUT2D eigenvalue weighted by Gasteiger charge is -2.41. The van der Waals surface area contributed by atoms with Crippen molar-refractivity contribution in [2.24, 2.45) is 0 Å². The van der Waals surface area contributed by atoms with Gasteiger partial charge < -0.3 is 4.90 Å². The summed E-state index contributed by atoms with van der Waals surface area (Å²) in [7, 11) is 0. The van der Waals surface area contributed by atoms with Crippen LogP contribution in [-0.2, 0) is 5.41 Å². The highest BCUT2D eigenvalue weighted by atomic mass is 32.2. The second-order valence-corrected chi connectivity index (χ2v) is 18.8. The first kappa shape index (κ1) is 33.5. The van der Waals surface area contributed by atoms with Gasteiger partial charge in [-0.3, -0.25) is 0 Å². The third-order valence-corrected chi connectivity index (χ3v) is 16.0. The van der Waals surface area contributed by atoms with Gasteiger partial charge in [-0.25, -0.2) is 0 Å². The predicted octanol–water partition coefficient (Wildman–Crippen LogP) is 16.4. The van der Waals surface area contributed by atoms with E-state index in [4.69, 9.17) is 0 Å². The number of rotatable bonds is 4. The van der Waals surface area contributed by atoms with Gasteiger partial charge in [-0.05, 0) is 99.1 Å². The smallest absolute Gasteiger partial charge is 0.0736 e. The van der Waals surface area contributed by atoms with Crippen LogP contribution < -0.4 is 4.90 Å². The molecule has 0 saturated carbocycles. The summed E-state index contributed by atoms with van der Waals surface area (Å²) in [6, 6.07) is 75.0. The molecule has 0 N–H and O–H groups in total. The van der Waals surface area contributed by atoms with Crippen molar-refractivity contribution in [1.29, 1.82) is 0 Å².